The fourth-order valence-corrected chi connectivity index (χ4v) is 3.02. The van der Waals surface area contributed by atoms with Gasteiger partial charge in [-0.25, -0.2) is 0 Å². The monoisotopic (exact) mass is 294 g/mol. The molecule has 0 unspecified atom stereocenters. The quantitative estimate of drug-likeness (QED) is 0.789. The number of fused-ring (bicyclic) bond motifs is 1. The Hall–Kier alpha value is -2.40. The van der Waals surface area contributed by atoms with Crippen LogP contribution in [0.25, 0.3) is 22.0 Å². The van der Waals surface area contributed by atoms with E-state index in [0.29, 0.717) is 0 Å². The second-order valence-electron chi connectivity index (χ2n) is 5.57. The van der Waals surface area contributed by atoms with Crippen molar-refractivity contribution in [2.75, 3.05) is 31.2 Å². The number of benzene rings is 1. The molecule has 1 aliphatic heterocycles. The maximum Gasteiger partial charge on any atom is 0.0723 e. The summed E-state index contributed by atoms with van der Waals surface area (Å²) in [6.07, 6.45) is 3.76. The summed E-state index contributed by atoms with van der Waals surface area (Å²) >= 11 is 0. The summed E-state index contributed by atoms with van der Waals surface area (Å²) in [5.41, 5.74) is 5.64. The molecular formula is C17H18N4O. The molecule has 5 heteroatoms. The summed E-state index contributed by atoms with van der Waals surface area (Å²) in [4.78, 5) is 6.87. The first-order chi connectivity index (χ1) is 10.8. The van der Waals surface area contributed by atoms with E-state index in [0.717, 1.165) is 43.1 Å². The standard InChI is InChI=1S/C17H18N4O/c1-12-15(11-19-20-12)13-2-3-16-14(10-13)17(4-5-18-16)21-6-8-22-9-7-21/h2-5,10-11H,6-9H2,1H3,(H,19,20). The zero-order valence-corrected chi connectivity index (χ0v) is 12.5. The normalized spacial score (nSPS) is 15.4. The van der Waals surface area contributed by atoms with Crippen molar-refractivity contribution >= 4 is 16.6 Å². The Morgan fingerprint density at radius 3 is 2.82 bits per heavy atom. The number of aryl methyl sites for hydroxylation is 1. The molecule has 1 N–H and O–H groups in total. The number of nitrogens with zero attached hydrogens (tertiary/aromatic N) is 3. The van der Waals surface area contributed by atoms with Gasteiger partial charge in [-0.3, -0.25) is 10.1 Å². The van der Waals surface area contributed by atoms with Crippen LogP contribution < -0.4 is 4.90 Å². The van der Waals surface area contributed by atoms with Gasteiger partial charge in [0, 0.05) is 41.6 Å². The number of aromatic amines is 1. The average molecular weight is 294 g/mol. The molecule has 1 aliphatic rings. The van der Waals surface area contributed by atoms with Crippen LogP contribution in [0.4, 0.5) is 5.69 Å². The first-order valence-electron chi connectivity index (χ1n) is 7.55. The summed E-state index contributed by atoms with van der Waals surface area (Å²) in [6.45, 7) is 5.45. The van der Waals surface area contributed by atoms with E-state index in [9.17, 15) is 0 Å². The van der Waals surface area contributed by atoms with Crippen LogP contribution in [0.3, 0.4) is 0 Å². The van der Waals surface area contributed by atoms with Crippen molar-refractivity contribution in [3.8, 4) is 11.1 Å². The molecule has 1 fully saturated rings. The van der Waals surface area contributed by atoms with Crippen LogP contribution in [-0.2, 0) is 4.74 Å². The molecule has 22 heavy (non-hydrogen) atoms. The van der Waals surface area contributed by atoms with E-state index in [2.05, 4.69) is 44.3 Å². The van der Waals surface area contributed by atoms with Crippen LogP contribution in [0.5, 0.6) is 0 Å². The van der Waals surface area contributed by atoms with Crippen molar-refractivity contribution in [2.24, 2.45) is 0 Å². The third kappa shape index (κ3) is 2.23. The first-order valence-corrected chi connectivity index (χ1v) is 7.55. The average Bonchev–Trinajstić information content (AvgIpc) is 3.01. The van der Waals surface area contributed by atoms with Crippen molar-refractivity contribution in [1.82, 2.24) is 15.2 Å². The predicted octanol–water partition coefficient (Wildman–Crippen LogP) is 2.77. The van der Waals surface area contributed by atoms with Gasteiger partial charge in [-0.05, 0) is 30.7 Å². The van der Waals surface area contributed by atoms with E-state index < -0.39 is 0 Å². The summed E-state index contributed by atoms with van der Waals surface area (Å²) in [5, 5.41) is 8.31. The van der Waals surface area contributed by atoms with E-state index >= 15 is 0 Å². The fraction of sp³-hybridized carbons (Fsp3) is 0.294. The number of morpholine rings is 1. The van der Waals surface area contributed by atoms with Gasteiger partial charge >= 0.3 is 0 Å². The van der Waals surface area contributed by atoms with Crippen molar-refractivity contribution in [1.29, 1.82) is 0 Å². The molecular weight excluding hydrogens is 276 g/mol. The van der Waals surface area contributed by atoms with Gasteiger partial charge in [0.05, 0.1) is 24.9 Å². The molecule has 2 aromatic heterocycles. The van der Waals surface area contributed by atoms with E-state index in [1.54, 1.807) is 0 Å². The summed E-state index contributed by atoms with van der Waals surface area (Å²) in [7, 11) is 0. The highest BCUT2D eigenvalue weighted by atomic mass is 16.5. The largest absolute Gasteiger partial charge is 0.378 e. The third-order valence-corrected chi connectivity index (χ3v) is 4.21. The lowest BCUT2D eigenvalue weighted by Crippen LogP contribution is -2.36. The van der Waals surface area contributed by atoms with Crippen molar-refractivity contribution in [3.63, 3.8) is 0 Å². The molecule has 0 atom stereocenters. The molecule has 0 bridgehead atoms. The van der Waals surface area contributed by atoms with Gasteiger partial charge in [0.15, 0.2) is 0 Å². The summed E-state index contributed by atoms with van der Waals surface area (Å²) < 4.78 is 5.46. The van der Waals surface area contributed by atoms with Crippen LogP contribution >= 0.6 is 0 Å². The van der Waals surface area contributed by atoms with Crippen LogP contribution in [-0.4, -0.2) is 41.5 Å². The number of aromatic nitrogens is 3. The Kier molecular flexibility index (Phi) is 3.27. The van der Waals surface area contributed by atoms with Crippen molar-refractivity contribution in [3.05, 3.63) is 42.4 Å². The molecule has 0 spiro atoms. The number of ether oxygens (including phenoxy) is 1. The number of hydrogen-bond donors (Lipinski definition) is 1. The Morgan fingerprint density at radius 2 is 2.05 bits per heavy atom. The second kappa shape index (κ2) is 5.42. The van der Waals surface area contributed by atoms with Crippen LogP contribution in [0.15, 0.2) is 36.7 Å². The van der Waals surface area contributed by atoms with E-state index in [4.69, 9.17) is 4.74 Å². The highest BCUT2D eigenvalue weighted by molar-refractivity contribution is 5.94. The molecule has 3 aromatic rings. The molecule has 112 valence electrons. The number of anilines is 1. The van der Waals surface area contributed by atoms with Gasteiger partial charge < -0.3 is 9.64 Å². The third-order valence-electron chi connectivity index (χ3n) is 4.21. The molecule has 0 saturated carbocycles. The minimum absolute atomic E-state index is 0.782. The zero-order chi connectivity index (χ0) is 14.9. The SMILES string of the molecule is Cc1[nH]ncc1-c1ccc2nccc(N3CCOCC3)c2c1. The fourth-order valence-electron chi connectivity index (χ4n) is 3.02. The molecule has 1 aromatic carbocycles. The van der Waals surface area contributed by atoms with Gasteiger partial charge in [-0.2, -0.15) is 5.10 Å². The molecule has 0 radical (unpaired) electrons. The Balaban J connectivity index is 1.85. The topological polar surface area (TPSA) is 54.0 Å². The van der Waals surface area contributed by atoms with E-state index in [1.165, 1.54) is 16.6 Å². The lowest BCUT2D eigenvalue weighted by atomic mass is 10.0. The predicted molar refractivity (Wildman–Crippen MR) is 87.1 cm³/mol. The van der Waals surface area contributed by atoms with Crippen LogP contribution in [0.2, 0.25) is 0 Å². The molecule has 4 rings (SSSR count). The summed E-state index contributed by atoms with van der Waals surface area (Å²) in [6, 6.07) is 8.50. The minimum Gasteiger partial charge on any atom is -0.378 e. The van der Waals surface area contributed by atoms with Crippen molar-refractivity contribution in [2.45, 2.75) is 6.92 Å². The second-order valence-corrected chi connectivity index (χ2v) is 5.57. The lowest BCUT2D eigenvalue weighted by Gasteiger charge is -2.29. The molecule has 0 amide bonds. The first kappa shape index (κ1) is 13.3. The number of H-pyrrole nitrogens is 1. The van der Waals surface area contributed by atoms with Crippen LogP contribution in [0.1, 0.15) is 5.69 Å². The smallest absolute Gasteiger partial charge is 0.0723 e. The number of rotatable bonds is 2. The zero-order valence-electron chi connectivity index (χ0n) is 12.5. The van der Waals surface area contributed by atoms with Gasteiger partial charge in [0.2, 0.25) is 0 Å². The van der Waals surface area contributed by atoms with Gasteiger partial charge in [-0.15, -0.1) is 0 Å². The Morgan fingerprint density at radius 1 is 1.18 bits per heavy atom. The number of hydrogen-bond acceptors (Lipinski definition) is 4. The highest BCUT2D eigenvalue weighted by Gasteiger charge is 2.15. The van der Waals surface area contributed by atoms with E-state index in [1.807, 2.05) is 19.3 Å². The molecule has 3 heterocycles. The van der Waals surface area contributed by atoms with Gasteiger partial charge in [0.1, 0.15) is 0 Å². The van der Waals surface area contributed by atoms with Gasteiger partial charge in [0.25, 0.3) is 0 Å². The lowest BCUT2D eigenvalue weighted by molar-refractivity contribution is 0.123. The Bertz CT molecular complexity index is 805. The van der Waals surface area contributed by atoms with E-state index in [-0.39, 0.29) is 0 Å². The number of pyridine rings is 1. The van der Waals surface area contributed by atoms with Crippen molar-refractivity contribution < 1.29 is 4.74 Å². The molecule has 5 nitrogen and oxygen atoms in total. The minimum atomic E-state index is 0.782. The van der Waals surface area contributed by atoms with Crippen LogP contribution in [0, 0.1) is 6.92 Å². The molecule has 1 saturated heterocycles. The van der Waals surface area contributed by atoms with Gasteiger partial charge in [-0.1, -0.05) is 6.07 Å². The highest BCUT2D eigenvalue weighted by Crippen LogP contribution is 2.31. The maximum absolute atomic E-state index is 5.46. The number of nitrogens with one attached hydrogen (secondary N) is 1. The maximum atomic E-state index is 5.46. The molecule has 0 aliphatic carbocycles. The Labute approximate surface area is 128 Å². The summed E-state index contributed by atoms with van der Waals surface area (Å²) in [5.74, 6) is 0.